The minimum atomic E-state index is -3.54. The lowest BCUT2D eigenvalue weighted by Crippen LogP contribution is -2.36. The molecule has 3 N–H and O–H groups in total. The smallest absolute Gasteiger partial charge is 0.242 e. The van der Waals surface area contributed by atoms with E-state index in [0.717, 1.165) is 17.6 Å². The second-order valence-corrected chi connectivity index (χ2v) is 7.59. The van der Waals surface area contributed by atoms with Crippen molar-refractivity contribution >= 4 is 31.6 Å². The Kier molecular flexibility index (Phi) is 5.06. The van der Waals surface area contributed by atoms with Crippen molar-refractivity contribution in [2.75, 3.05) is 25.4 Å². The van der Waals surface area contributed by atoms with Crippen LogP contribution in [0.25, 0.3) is 0 Å². The molecule has 112 valence electrons. The van der Waals surface area contributed by atoms with Crippen LogP contribution in [0.5, 0.6) is 0 Å². The Morgan fingerprint density at radius 3 is 2.70 bits per heavy atom. The van der Waals surface area contributed by atoms with Gasteiger partial charge in [-0.2, -0.15) is 0 Å². The molecule has 1 aliphatic carbocycles. The third-order valence-electron chi connectivity index (χ3n) is 3.42. The fourth-order valence-corrected chi connectivity index (χ4v) is 3.71. The van der Waals surface area contributed by atoms with Crippen LogP contribution in [0.15, 0.2) is 27.6 Å². The van der Waals surface area contributed by atoms with E-state index in [-0.39, 0.29) is 10.6 Å². The van der Waals surface area contributed by atoms with Crippen LogP contribution in [0.2, 0.25) is 0 Å². The van der Waals surface area contributed by atoms with Crippen molar-refractivity contribution < 1.29 is 8.42 Å². The summed E-state index contributed by atoms with van der Waals surface area (Å²) in [7, 11) is -3.54. The molecule has 0 amide bonds. The molecule has 0 heterocycles. The number of hydrogen-bond donors (Lipinski definition) is 2. The largest absolute Gasteiger partial charge is 0.398 e. The zero-order valence-corrected chi connectivity index (χ0v) is 13.9. The summed E-state index contributed by atoms with van der Waals surface area (Å²) in [4.78, 5) is 2.43. The maximum Gasteiger partial charge on any atom is 0.242 e. The van der Waals surface area contributed by atoms with Crippen molar-refractivity contribution in [3.63, 3.8) is 0 Å². The van der Waals surface area contributed by atoms with Crippen LogP contribution in [-0.4, -0.2) is 39.0 Å². The van der Waals surface area contributed by atoms with E-state index in [1.54, 1.807) is 12.1 Å². The van der Waals surface area contributed by atoms with Gasteiger partial charge in [-0.25, -0.2) is 13.1 Å². The van der Waals surface area contributed by atoms with Gasteiger partial charge >= 0.3 is 0 Å². The van der Waals surface area contributed by atoms with E-state index in [1.165, 1.54) is 18.9 Å². The molecule has 0 bridgehead atoms. The summed E-state index contributed by atoms with van der Waals surface area (Å²) in [5.74, 6) is 0. The van der Waals surface area contributed by atoms with E-state index in [9.17, 15) is 8.42 Å². The second-order valence-electron chi connectivity index (χ2n) is 4.94. The van der Waals surface area contributed by atoms with Crippen molar-refractivity contribution in [1.29, 1.82) is 0 Å². The molecule has 1 aliphatic rings. The lowest BCUT2D eigenvalue weighted by atomic mass is 10.3. The van der Waals surface area contributed by atoms with Gasteiger partial charge in [0.05, 0.1) is 5.69 Å². The molecule has 0 saturated heterocycles. The van der Waals surface area contributed by atoms with Crippen molar-refractivity contribution in [3.8, 4) is 0 Å². The summed E-state index contributed by atoms with van der Waals surface area (Å²) in [6, 6.07) is 5.42. The first-order valence-corrected chi connectivity index (χ1v) is 9.00. The number of sulfonamides is 1. The van der Waals surface area contributed by atoms with Gasteiger partial charge in [-0.3, -0.25) is 4.90 Å². The van der Waals surface area contributed by atoms with Crippen molar-refractivity contribution in [2.24, 2.45) is 0 Å². The Bertz CT molecular complexity index is 573. The van der Waals surface area contributed by atoms with Crippen LogP contribution < -0.4 is 10.5 Å². The van der Waals surface area contributed by atoms with Gasteiger partial charge < -0.3 is 5.73 Å². The number of nitrogens with one attached hydrogen (secondary N) is 1. The highest BCUT2D eigenvalue weighted by Crippen LogP contribution is 2.26. The standard InChI is InChI=1S/C13H20BrN3O2S/c1-2-17(11-4-5-11)8-7-16-20(18,19)13-6-3-10(14)9-12(13)15/h3,6,9,11,16H,2,4-5,7-8,15H2,1H3. The molecule has 1 aromatic rings. The van der Waals surface area contributed by atoms with E-state index in [0.29, 0.717) is 12.6 Å². The summed E-state index contributed by atoms with van der Waals surface area (Å²) in [6.07, 6.45) is 2.44. The molecular formula is C13H20BrN3O2S. The summed E-state index contributed by atoms with van der Waals surface area (Å²) < 4.78 is 27.8. The first kappa shape index (κ1) is 15.8. The maximum atomic E-state index is 12.2. The lowest BCUT2D eigenvalue weighted by molar-refractivity contribution is 0.282. The van der Waals surface area contributed by atoms with Crippen LogP contribution in [0, 0.1) is 0 Å². The molecule has 1 saturated carbocycles. The first-order valence-electron chi connectivity index (χ1n) is 6.73. The molecule has 2 rings (SSSR count). The summed E-state index contributed by atoms with van der Waals surface area (Å²) in [5, 5.41) is 0. The van der Waals surface area contributed by atoms with Crippen LogP contribution in [0.1, 0.15) is 19.8 Å². The lowest BCUT2D eigenvalue weighted by Gasteiger charge is -2.19. The van der Waals surface area contributed by atoms with Crippen molar-refractivity contribution in [2.45, 2.75) is 30.7 Å². The molecule has 1 aromatic carbocycles. The molecule has 5 nitrogen and oxygen atoms in total. The Balaban J connectivity index is 1.96. The summed E-state index contributed by atoms with van der Waals surface area (Å²) >= 11 is 3.27. The van der Waals surface area contributed by atoms with Crippen LogP contribution >= 0.6 is 15.9 Å². The third kappa shape index (κ3) is 3.94. The number of anilines is 1. The van der Waals surface area contributed by atoms with E-state index in [1.807, 2.05) is 0 Å². The molecule has 0 radical (unpaired) electrons. The Labute approximate surface area is 128 Å². The van der Waals surface area contributed by atoms with Crippen LogP contribution in [-0.2, 0) is 10.0 Å². The van der Waals surface area contributed by atoms with Gasteiger partial charge in [0.25, 0.3) is 0 Å². The Hall–Kier alpha value is -0.630. The van der Waals surface area contributed by atoms with Crippen LogP contribution in [0.3, 0.4) is 0 Å². The minimum absolute atomic E-state index is 0.134. The average Bonchev–Trinajstić information content (AvgIpc) is 3.18. The highest BCUT2D eigenvalue weighted by atomic mass is 79.9. The number of rotatable bonds is 7. The molecule has 0 atom stereocenters. The Morgan fingerprint density at radius 2 is 2.15 bits per heavy atom. The van der Waals surface area contributed by atoms with Gasteiger partial charge in [0, 0.05) is 23.6 Å². The molecule has 0 aliphatic heterocycles. The van der Waals surface area contributed by atoms with E-state index >= 15 is 0 Å². The zero-order chi connectivity index (χ0) is 14.8. The van der Waals surface area contributed by atoms with Gasteiger partial charge in [-0.05, 0) is 37.6 Å². The molecule has 0 unspecified atom stereocenters. The van der Waals surface area contributed by atoms with Crippen LogP contribution in [0.4, 0.5) is 5.69 Å². The van der Waals surface area contributed by atoms with E-state index in [2.05, 4.69) is 32.5 Å². The maximum absolute atomic E-state index is 12.2. The predicted molar refractivity (Wildman–Crippen MR) is 84.0 cm³/mol. The number of likely N-dealkylation sites (N-methyl/N-ethyl adjacent to an activating group) is 1. The zero-order valence-electron chi connectivity index (χ0n) is 11.5. The molecule has 20 heavy (non-hydrogen) atoms. The highest BCUT2D eigenvalue weighted by Gasteiger charge is 2.27. The number of halogens is 1. The normalized spacial score (nSPS) is 15.8. The number of hydrogen-bond acceptors (Lipinski definition) is 4. The van der Waals surface area contributed by atoms with Gasteiger partial charge in [0.1, 0.15) is 4.90 Å². The number of nitrogens with two attached hydrogens (primary N) is 1. The van der Waals surface area contributed by atoms with Crippen molar-refractivity contribution in [3.05, 3.63) is 22.7 Å². The molecule has 0 spiro atoms. The van der Waals surface area contributed by atoms with E-state index < -0.39 is 10.0 Å². The summed E-state index contributed by atoms with van der Waals surface area (Å²) in [6.45, 7) is 4.19. The molecule has 7 heteroatoms. The number of benzene rings is 1. The van der Waals surface area contributed by atoms with Gasteiger partial charge in [-0.15, -0.1) is 0 Å². The van der Waals surface area contributed by atoms with E-state index in [4.69, 9.17) is 5.73 Å². The highest BCUT2D eigenvalue weighted by molar-refractivity contribution is 9.10. The fraction of sp³-hybridized carbons (Fsp3) is 0.538. The monoisotopic (exact) mass is 361 g/mol. The average molecular weight is 362 g/mol. The van der Waals surface area contributed by atoms with Gasteiger partial charge in [0.15, 0.2) is 0 Å². The number of nitrogens with zero attached hydrogens (tertiary/aromatic N) is 1. The molecular weight excluding hydrogens is 342 g/mol. The molecule has 1 fully saturated rings. The molecule has 0 aromatic heterocycles. The third-order valence-corrected chi connectivity index (χ3v) is 5.45. The summed E-state index contributed by atoms with van der Waals surface area (Å²) in [5.41, 5.74) is 6.02. The minimum Gasteiger partial charge on any atom is -0.398 e. The SMILES string of the molecule is CCN(CCNS(=O)(=O)c1ccc(Br)cc1N)C1CC1. The number of nitrogen functional groups attached to an aromatic ring is 1. The second kappa shape index (κ2) is 6.43. The predicted octanol–water partition coefficient (Wildman–Crippen LogP) is 1.79. The Morgan fingerprint density at radius 1 is 1.45 bits per heavy atom. The van der Waals surface area contributed by atoms with Gasteiger partial charge in [0.2, 0.25) is 10.0 Å². The topological polar surface area (TPSA) is 75.4 Å². The van der Waals surface area contributed by atoms with Gasteiger partial charge in [-0.1, -0.05) is 22.9 Å². The van der Waals surface area contributed by atoms with Crippen molar-refractivity contribution in [1.82, 2.24) is 9.62 Å². The quantitative estimate of drug-likeness (QED) is 0.726. The first-order chi connectivity index (χ1) is 9.44. The fourth-order valence-electron chi connectivity index (χ4n) is 2.20.